The number of aromatic nitrogens is 1. The highest BCUT2D eigenvalue weighted by Gasteiger charge is 2.21. The van der Waals surface area contributed by atoms with Gasteiger partial charge in [0.1, 0.15) is 8.42 Å². The molecule has 24 heavy (non-hydrogen) atoms. The quantitative estimate of drug-likeness (QED) is 0.530. The van der Waals surface area contributed by atoms with Crippen molar-refractivity contribution in [1.82, 2.24) is 0 Å². The summed E-state index contributed by atoms with van der Waals surface area (Å²) in [5.41, 5.74) is 6.49. The second-order valence-electron chi connectivity index (χ2n) is 7.36. The van der Waals surface area contributed by atoms with Gasteiger partial charge in [-0.05, 0) is 53.0 Å². The van der Waals surface area contributed by atoms with Crippen molar-refractivity contribution in [2.45, 2.75) is 46.5 Å². The maximum atomic E-state index is 8.40. The third-order valence-electron chi connectivity index (χ3n) is 4.98. The fourth-order valence-electron chi connectivity index (χ4n) is 3.51. The van der Waals surface area contributed by atoms with E-state index in [1.54, 1.807) is 0 Å². The molecule has 0 unspecified atom stereocenters. The predicted octanol–water partition coefficient (Wildman–Crippen LogP) is 5.89. The third-order valence-corrected chi connectivity index (χ3v) is 4.98. The van der Waals surface area contributed by atoms with Crippen LogP contribution in [0.1, 0.15) is 57.6 Å². The van der Waals surface area contributed by atoms with E-state index in [-0.39, 0.29) is 0 Å². The average molecular weight is 319 g/mol. The summed E-state index contributed by atoms with van der Waals surface area (Å²) in [6.45, 7) is 11.2. The minimum Gasteiger partial charge on any atom is -0.200 e. The maximum Gasteiger partial charge on any atom is 0.220 e. The molecule has 0 saturated heterocycles. The van der Waals surface area contributed by atoms with Gasteiger partial charge < -0.3 is 0 Å². The predicted molar refractivity (Wildman–Crippen MR) is 103 cm³/mol. The molecule has 0 radical (unpaired) electrons. The summed E-state index contributed by atoms with van der Waals surface area (Å²) in [5, 5.41) is 2.33. The van der Waals surface area contributed by atoms with Gasteiger partial charge in [0.2, 0.25) is 5.69 Å². The largest absolute Gasteiger partial charge is 0.220 e. The lowest BCUT2D eigenvalue weighted by molar-refractivity contribution is -0.659. The molecule has 0 atom stereocenters. The van der Waals surface area contributed by atoms with E-state index in [1.807, 2.05) is 23.7 Å². The fraction of sp³-hybridized carbons (Fsp3) is 0.348. The van der Waals surface area contributed by atoms with Crippen molar-refractivity contribution < 1.29 is 5.94 Å². The van der Waals surface area contributed by atoms with Crippen LogP contribution in [0.5, 0.6) is 0 Å². The normalized spacial score (nSPS) is 12.2. The van der Waals surface area contributed by atoms with E-state index in [9.17, 15) is 0 Å². The number of pyridine rings is 1. The Morgan fingerprint density at radius 1 is 0.958 bits per heavy atom. The number of nitrogens with zero attached hydrogens (tertiary/aromatic N) is 1. The van der Waals surface area contributed by atoms with Crippen molar-refractivity contribution in [3.05, 3.63) is 65.3 Å². The van der Waals surface area contributed by atoms with Gasteiger partial charge in [-0.3, -0.25) is 0 Å². The first-order chi connectivity index (χ1) is 11.8. The van der Waals surface area contributed by atoms with Crippen molar-refractivity contribution in [1.29, 1.82) is 0 Å². The highest BCUT2D eigenvalue weighted by molar-refractivity contribution is 5.93. The Balaban J connectivity index is 2.44. The highest BCUT2D eigenvalue weighted by atomic mass is 14.9. The molecular formula is C23H28N+. The molecule has 124 valence electrons. The van der Waals surface area contributed by atoms with E-state index < -0.39 is 0 Å². The summed E-state index contributed by atoms with van der Waals surface area (Å²) >= 11 is 0. The summed E-state index contributed by atoms with van der Waals surface area (Å²) in [6, 6.07) is 15.0. The minimum absolute atomic E-state index is 0.479. The van der Waals surface area contributed by atoms with Crippen LogP contribution in [-0.2, 0) is 7.05 Å². The van der Waals surface area contributed by atoms with Gasteiger partial charge in [0.05, 0.1) is 10.9 Å². The Kier molecular flexibility index (Phi) is 4.10. The molecular weight excluding hydrogens is 290 g/mol. The van der Waals surface area contributed by atoms with Crippen molar-refractivity contribution in [3.8, 4) is 11.3 Å². The Labute approximate surface area is 147 Å². The van der Waals surface area contributed by atoms with Gasteiger partial charge in [-0.1, -0.05) is 52.0 Å². The topological polar surface area (TPSA) is 3.88 Å². The molecule has 1 aromatic heterocycles. The molecule has 0 spiro atoms. The van der Waals surface area contributed by atoms with Gasteiger partial charge in [0.25, 0.3) is 0 Å². The summed E-state index contributed by atoms with van der Waals surface area (Å²) in [5.74, 6) is 0.959. The lowest BCUT2D eigenvalue weighted by atomic mass is 9.86. The molecule has 0 bridgehead atoms. The highest BCUT2D eigenvalue weighted by Crippen LogP contribution is 2.34. The zero-order chi connectivity index (χ0) is 18.3. The van der Waals surface area contributed by atoms with E-state index in [4.69, 9.17) is 1.37 Å². The van der Waals surface area contributed by atoms with E-state index in [1.165, 1.54) is 27.6 Å². The zero-order valence-electron chi connectivity index (χ0n) is 16.6. The molecule has 0 N–H and O–H groups in total. The van der Waals surface area contributed by atoms with Gasteiger partial charge in [-0.2, -0.15) is 0 Å². The molecule has 1 nitrogen and oxygen atoms in total. The number of fused-ring (bicyclic) bond motifs is 1. The van der Waals surface area contributed by atoms with E-state index >= 15 is 0 Å². The summed E-state index contributed by atoms with van der Waals surface area (Å²) in [7, 11) is 2.00. The standard InChI is InChI=1S/C23H28N/c1-15(2)19-13-21(16(3)4)17(5)22(14-19)23-20-10-8-7-9-18(20)11-12-24(23)6/h7-16H,1-6H3/q+1/i12D. The van der Waals surface area contributed by atoms with Gasteiger partial charge >= 0.3 is 0 Å². The van der Waals surface area contributed by atoms with Crippen molar-refractivity contribution in [3.63, 3.8) is 0 Å². The maximum absolute atomic E-state index is 8.40. The van der Waals surface area contributed by atoms with Crippen LogP contribution in [0.4, 0.5) is 0 Å². The first-order valence-corrected chi connectivity index (χ1v) is 8.84. The summed E-state index contributed by atoms with van der Waals surface area (Å²) < 4.78 is 10.4. The van der Waals surface area contributed by atoms with Crippen molar-refractivity contribution in [2.24, 2.45) is 7.05 Å². The number of hydrogen-bond acceptors (Lipinski definition) is 0. The Morgan fingerprint density at radius 2 is 1.67 bits per heavy atom. The van der Waals surface area contributed by atoms with Crippen LogP contribution in [0, 0.1) is 6.92 Å². The van der Waals surface area contributed by atoms with Crippen LogP contribution in [0.2, 0.25) is 0 Å². The molecule has 1 heteroatoms. The van der Waals surface area contributed by atoms with Gasteiger partial charge in [-0.25, -0.2) is 4.57 Å². The van der Waals surface area contributed by atoms with Crippen LogP contribution >= 0.6 is 0 Å². The summed E-state index contributed by atoms with van der Waals surface area (Å²) in [4.78, 5) is 0. The Hall–Kier alpha value is -2.15. The molecule has 0 aliphatic heterocycles. The first kappa shape index (κ1) is 15.4. The smallest absolute Gasteiger partial charge is 0.200 e. The molecule has 0 aliphatic carbocycles. The van der Waals surface area contributed by atoms with E-state index in [2.05, 4.69) is 65.0 Å². The van der Waals surface area contributed by atoms with E-state index in [0.717, 1.165) is 11.1 Å². The molecule has 1 heterocycles. The molecule has 3 rings (SSSR count). The SMILES string of the molecule is [2H]c1cc2ccccc2c(-c2cc(C(C)C)cc(C(C)C)c2C)[n+]1C. The lowest BCUT2D eigenvalue weighted by Gasteiger charge is -2.18. The molecule has 0 saturated carbocycles. The van der Waals surface area contributed by atoms with Crippen LogP contribution in [-0.4, -0.2) is 0 Å². The molecule has 0 aliphatic rings. The van der Waals surface area contributed by atoms with Crippen molar-refractivity contribution in [2.75, 3.05) is 0 Å². The molecule has 0 fully saturated rings. The fourth-order valence-corrected chi connectivity index (χ4v) is 3.51. The number of benzene rings is 2. The monoisotopic (exact) mass is 319 g/mol. The van der Waals surface area contributed by atoms with Gasteiger partial charge in [0, 0.05) is 6.07 Å². The molecule has 3 aromatic rings. The first-order valence-electron chi connectivity index (χ1n) is 9.34. The van der Waals surface area contributed by atoms with E-state index in [0.29, 0.717) is 18.0 Å². The minimum atomic E-state index is 0.479. The van der Waals surface area contributed by atoms with Crippen LogP contribution in [0.25, 0.3) is 22.0 Å². The van der Waals surface area contributed by atoms with Crippen molar-refractivity contribution >= 4 is 10.8 Å². The second-order valence-corrected chi connectivity index (χ2v) is 7.36. The second kappa shape index (κ2) is 6.39. The Bertz CT molecular complexity index is 938. The third kappa shape index (κ3) is 2.84. The average Bonchev–Trinajstić information content (AvgIpc) is 2.56. The summed E-state index contributed by atoms with van der Waals surface area (Å²) in [6.07, 6.45) is 0.536. The van der Waals surface area contributed by atoms with Gasteiger partial charge in [-0.15, -0.1) is 0 Å². The lowest BCUT2D eigenvalue weighted by Crippen LogP contribution is -2.31. The van der Waals surface area contributed by atoms with Crippen LogP contribution in [0.3, 0.4) is 0 Å². The molecule has 0 amide bonds. The molecule has 2 aromatic carbocycles. The Morgan fingerprint density at radius 3 is 2.33 bits per heavy atom. The van der Waals surface area contributed by atoms with Crippen LogP contribution in [0.15, 0.2) is 48.6 Å². The number of hydrogen-bond donors (Lipinski definition) is 0. The zero-order valence-corrected chi connectivity index (χ0v) is 15.6. The van der Waals surface area contributed by atoms with Crippen LogP contribution < -0.4 is 4.57 Å². The van der Waals surface area contributed by atoms with Gasteiger partial charge in [0.15, 0.2) is 6.17 Å². The number of rotatable bonds is 3.